The molecule has 1 unspecified atom stereocenters. The van der Waals surface area contributed by atoms with E-state index in [0.717, 1.165) is 17.5 Å². The third-order valence-corrected chi connectivity index (χ3v) is 7.65. The lowest BCUT2D eigenvalue weighted by Crippen LogP contribution is -2.60. The second-order valence-corrected chi connectivity index (χ2v) is 10.3. The number of carbonyl (C=O) groups is 2. The van der Waals surface area contributed by atoms with E-state index in [1.807, 2.05) is 74.5 Å². The Hall–Kier alpha value is -3.30. The van der Waals surface area contributed by atoms with Crippen molar-refractivity contribution in [3.63, 3.8) is 0 Å². The first kappa shape index (κ1) is 29.3. The van der Waals surface area contributed by atoms with E-state index in [9.17, 15) is 19.7 Å². The maximum atomic E-state index is 13.7. The molecule has 3 rings (SSSR count). The van der Waals surface area contributed by atoms with E-state index >= 15 is 0 Å². The first-order chi connectivity index (χ1) is 18.2. The second kappa shape index (κ2) is 13.5. The van der Waals surface area contributed by atoms with Crippen LogP contribution in [0.1, 0.15) is 63.6 Å². The van der Waals surface area contributed by atoms with Crippen LogP contribution < -0.4 is 10.6 Å². The monoisotopic (exact) mass is 525 g/mol. The maximum Gasteiger partial charge on any atom is 0.303 e. The van der Waals surface area contributed by atoms with Gasteiger partial charge in [0.05, 0.1) is 18.6 Å². The van der Waals surface area contributed by atoms with Gasteiger partial charge in [-0.15, -0.1) is 0 Å². The molecule has 38 heavy (non-hydrogen) atoms. The maximum absolute atomic E-state index is 13.7. The Balaban J connectivity index is 1.96. The fourth-order valence-corrected chi connectivity index (χ4v) is 5.39. The zero-order valence-electron chi connectivity index (χ0n) is 22.3. The first-order valence-corrected chi connectivity index (χ1v) is 13.3. The van der Waals surface area contributed by atoms with Crippen LogP contribution in [0.4, 0.5) is 0 Å². The molecule has 6 atom stereocenters. The predicted octanol–water partition coefficient (Wildman–Crippen LogP) is 4.35. The Kier molecular flexibility index (Phi) is 10.4. The summed E-state index contributed by atoms with van der Waals surface area (Å²) in [6.07, 6.45) is 1.11. The van der Waals surface area contributed by atoms with E-state index in [1.54, 1.807) is 6.92 Å². The minimum atomic E-state index is -1.30. The number of hydrogen-bond acceptors (Lipinski definition) is 6. The lowest BCUT2D eigenvalue weighted by atomic mass is 9.74. The first-order valence-electron chi connectivity index (χ1n) is 13.3. The molecular weight excluding hydrogens is 486 g/mol. The fraction of sp³-hybridized carbons (Fsp3) is 0.517. The summed E-state index contributed by atoms with van der Waals surface area (Å²) in [6, 6.07) is 17.0. The van der Waals surface area contributed by atoms with Crippen LogP contribution >= 0.6 is 0 Å². The molecule has 1 aliphatic rings. The van der Waals surface area contributed by atoms with E-state index in [-0.39, 0.29) is 36.3 Å². The highest BCUT2D eigenvalue weighted by Gasteiger charge is 2.64. The lowest BCUT2D eigenvalue weighted by Gasteiger charge is -2.37. The molecular formula is C29H39N3O6. The molecule has 0 spiro atoms. The molecule has 0 bridgehead atoms. The van der Waals surface area contributed by atoms with Crippen LogP contribution in [0.2, 0.25) is 0 Å². The molecule has 206 valence electrons. The van der Waals surface area contributed by atoms with Crippen molar-refractivity contribution in [2.45, 2.75) is 76.8 Å². The molecule has 0 aliphatic carbocycles. The van der Waals surface area contributed by atoms with Gasteiger partial charge in [0.15, 0.2) is 0 Å². The van der Waals surface area contributed by atoms with Gasteiger partial charge in [-0.1, -0.05) is 80.9 Å². The van der Waals surface area contributed by atoms with Gasteiger partial charge in [0.1, 0.15) is 11.6 Å². The average Bonchev–Trinajstić information content (AvgIpc) is 3.23. The Morgan fingerprint density at radius 2 is 1.76 bits per heavy atom. The Morgan fingerprint density at radius 3 is 2.34 bits per heavy atom. The van der Waals surface area contributed by atoms with E-state index in [1.165, 1.54) is 0 Å². The number of benzene rings is 2. The molecule has 2 aromatic rings. The molecule has 3 N–H and O–H groups in total. The Bertz CT molecular complexity index is 1070. The SMILES string of the molecule is CC[C@H](C)C(OCc1ccccc1)[C@@H]1[C@H]([N+](=O)[O-])[C@H](c2ccccc2)N[C@@]1(C)C(=O)NCCCCC(=O)O. The van der Waals surface area contributed by atoms with Gasteiger partial charge >= 0.3 is 5.97 Å². The topological polar surface area (TPSA) is 131 Å². The third-order valence-electron chi connectivity index (χ3n) is 7.65. The Labute approximate surface area is 224 Å². The highest BCUT2D eigenvalue weighted by Crippen LogP contribution is 2.45. The van der Waals surface area contributed by atoms with Crippen molar-refractivity contribution in [2.24, 2.45) is 11.8 Å². The average molecular weight is 526 g/mol. The molecule has 1 saturated heterocycles. The zero-order chi connectivity index (χ0) is 27.7. The van der Waals surface area contributed by atoms with Crippen molar-refractivity contribution < 1.29 is 24.4 Å². The van der Waals surface area contributed by atoms with Gasteiger partial charge in [-0.3, -0.25) is 25.0 Å². The number of aliphatic carboxylic acids is 1. The van der Waals surface area contributed by atoms with Crippen LogP contribution in [0.5, 0.6) is 0 Å². The summed E-state index contributed by atoms with van der Waals surface area (Å²) in [4.78, 5) is 37.0. The van der Waals surface area contributed by atoms with E-state index < -0.39 is 35.6 Å². The van der Waals surface area contributed by atoms with Crippen LogP contribution in [-0.2, 0) is 20.9 Å². The number of unbranched alkanes of at least 4 members (excludes halogenated alkanes) is 1. The van der Waals surface area contributed by atoms with Crippen molar-refractivity contribution in [3.8, 4) is 0 Å². The largest absolute Gasteiger partial charge is 0.481 e. The number of ether oxygens (including phenoxy) is 1. The minimum Gasteiger partial charge on any atom is -0.481 e. The van der Waals surface area contributed by atoms with Gasteiger partial charge in [-0.05, 0) is 36.8 Å². The van der Waals surface area contributed by atoms with Gasteiger partial charge in [0, 0.05) is 17.9 Å². The van der Waals surface area contributed by atoms with Crippen molar-refractivity contribution in [2.75, 3.05) is 6.54 Å². The number of carboxylic acid groups (broad SMARTS) is 1. The van der Waals surface area contributed by atoms with Crippen LogP contribution in [0.3, 0.4) is 0 Å². The van der Waals surface area contributed by atoms with Crippen LogP contribution in [0.25, 0.3) is 0 Å². The standard InChI is InChI=1S/C29H39N3O6/c1-4-20(2)27(38-19-21-13-7-5-8-14-21)24-26(32(36)37)25(22-15-9-6-10-16-22)31-29(24,3)28(35)30-18-12-11-17-23(33)34/h5-10,13-16,20,24-27,31H,4,11-12,17-19H2,1-3H3,(H,30,35)(H,33,34)/t20-,24-,25-,26-,27?,29+/m0/s1. The van der Waals surface area contributed by atoms with Crippen molar-refractivity contribution in [1.82, 2.24) is 10.6 Å². The normalized spacial score (nSPS) is 24.4. The highest BCUT2D eigenvalue weighted by molar-refractivity contribution is 5.87. The zero-order valence-corrected chi connectivity index (χ0v) is 22.3. The van der Waals surface area contributed by atoms with Gasteiger partial charge in [-0.2, -0.15) is 0 Å². The summed E-state index contributed by atoms with van der Waals surface area (Å²) in [5.41, 5.74) is 0.396. The molecule has 0 saturated carbocycles. The number of nitrogens with one attached hydrogen (secondary N) is 2. The molecule has 1 aliphatic heterocycles. The fourth-order valence-electron chi connectivity index (χ4n) is 5.39. The van der Waals surface area contributed by atoms with Crippen LogP contribution in [0, 0.1) is 22.0 Å². The number of carbonyl (C=O) groups excluding carboxylic acids is 1. The summed E-state index contributed by atoms with van der Waals surface area (Å²) in [7, 11) is 0. The number of carboxylic acids is 1. The molecule has 1 heterocycles. The smallest absolute Gasteiger partial charge is 0.303 e. The summed E-state index contributed by atoms with van der Waals surface area (Å²) in [5, 5.41) is 27.8. The number of hydrogen-bond donors (Lipinski definition) is 3. The highest BCUT2D eigenvalue weighted by atomic mass is 16.6. The molecule has 1 amide bonds. The number of nitro groups is 1. The van der Waals surface area contributed by atoms with Crippen LogP contribution in [-0.4, -0.2) is 46.1 Å². The molecule has 9 nitrogen and oxygen atoms in total. The summed E-state index contributed by atoms with van der Waals surface area (Å²) in [5.74, 6) is -2.04. The predicted molar refractivity (Wildman–Crippen MR) is 144 cm³/mol. The molecule has 0 radical (unpaired) electrons. The molecule has 9 heteroatoms. The lowest BCUT2D eigenvalue weighted by molar-refractivity contribution is -0.536. The summed E-state index contributed by atoms with van der Waals surface area (Å²) < 4.78 is 6.45. The summed E-state index contributed by atoms with van der Waals surface area (Å²) in [6.45, 7) is 6.31. The molecule has 0 aromatic heterocycles. The summed E-state index contributed by atoms with van der Waals surface area (Å²) >= 11 is 0. The third kappa shape index (κ3) is 6.96. The van der Waals surface area contributed by atoms with Crippen molar-refractivity contribution in [1.29, 1.82) is 0 Å². The molecule has 2 aromatic carbocycles. The number of nitrogens with zero attached hydrogens (tertiary/aromatic N) is 1. The Morgan fingerprint density at radius 1 is 1.13 bits per heavy atom. The molecule has 1 fully saturated rings. The van der Waals surface area contributed by atoms with Gasteiger partial charge in [0.25, 0.3) is 0 Å². The van der Waals surface area contributed by atoms with Gasteiger partial charge < -0.3 is 15.2 Å². The van der Waals surface area contributed by atoms with Gasteiger partial charge in [0.2, 0.25) is 11.9 Å². The minimum absolute atomic E-state index is 0.0247. The van der Waals surface area contributed by atoms with Crippen molar-refractivity contribution >= 4 is 11.9 Å². The van der Waals surface area contributed by atoms with Crippen molar-refractivity contribution in [3.05, 3.63) is 81.9 Å². The quantitative estimate of drug-likeness (QED) is 0.190. The van der Waals surface area contributed by atoms with E-state index in [2.05, 4.69) is 10.6 Å². The number of amides is 1. The van der Waals surface area contributed by atoms with E-state index in [0.29, 0.717) is 12.8 Å². The van der Waals surface area contributed by atoms with Gasteiger partial charge in [-0.25, -0.2) is 0 Å². The van der Waals surface area contributed by atoms with Crippen LogP contribution in [0.15, 0.2) is 60.7 Å². The number of rotatable bonds is 14. The second-order valence-electron chi connectivity index (χ2n) is 10.3. The van der Waals surface area contributed by atoms with E-state index in [4.69, 9.17) is 9.84 Å².